The highest BCUT2D eigenvalue weighted by molar-refractivity contribution is 6.60. The summed E-state index contributed by atoms with van der Waals surface area (Å²) < 4.78 is 28.3. The molecule has 0 amide bonds. The lowest BCUT2D eigenvalue weighted by Crippen LogP contribution is -2.45. The fourth-order valence-corrected chi connectivity index (χ4v) is 5.70. The predicted molar refractivity (Wildman–Crippen MR) is 122 cm³/mol. The summed E-state index contributed by atoms with van der Waals surface area (Å²) in [6.07, 6.45) is 7.39. The molecule has 6 nitrogen and oxygen atoms in total. The van der Waals surface area contributed by atoms with Gasteiger partial charge >= 0.3 is 14.8 Å². The normalized spacial score (nSPS) is 11.7. The van der Waals surface area contributed by atoms with Gasteiger partial charge in [-0.3, -0.25) is 0 Å². The molecule has 0 saturated heterocycles. The third kappa shape index (κ3) is 10.9. The van der Waals surface area contributed by atoms with E-state index in [0.29, 0.717) is 33.0 Å². The van der Waals surface area contributed by atoms with E-state index in [4.69, 9.17) is 22.8 Å². The number of esters is 1. The summed E-state index contributed by atoms with van der Waals surface area (Å²) in [5.41, 5.74) is 0.931. The Balaban J connectivity index is 2.26. The quantitative estimate of drug-likeness (QED) is 0.143. The maximum Gasteiger partial charge on any atom is 0.500 e. The molecular formula is C23H38O6Si. The number of ether oxygens (including phenoxy) is 2. The molecule has 1 rings (SSSR count). The minimum Gasteiger partial charge on any atom is -0.494 e. The predicted octanol–water partition coefficient (Wildman–Crippen LogP) is 5.25. The van der Waals surface area contributed by atoms with Gasteiger partial charge in [-0.2, -0.15) is 0 Å². The number of unbranched alkanes of at least 4 members (excludes halogenated alkanes) is 3. The molecule has 0 unspecified atom stereocenters. The molecule has 0 N–H and O–H groups in total. The van der Waals surface area contributed by atoms with Crippen molar-refractivity contribution in [2.24, 2.45) is 0 Å². The molecule has 0 atom stereocenters. The van der Waals surface area contributed by atoms with Gasteiger partial charge in [0.25, 0.3) is 0 Å². The fraction of sp³-hybridized carbons (Fsp3) is 0.609. The van der Waals surface area contributed by atoms with Crippen molar-refractivity contribution < 1.29 is 27.5 Å². The van der Waals surface area contributed by atoms with Gasteiger partial charge in [-0.05, 0) is 64.3 Å². The van der Waals surface area contributed by atoms with Gasteiger partial charge in [0.05, 0.1) is 13.2 Å². The number of carbonyl (C=O) groups excluding carboxylic acids is 1. The van der Waals surface area contributed by atoms with Gasteiger partial charge in [0.15, 0.2) is 0 Å². The first-order valence-electron chi connectivity index (χ1n) is 11.1. The van der Waals surface area contributed by atoms with Gasteiger partial charge in [-0.1, -0.05) is 25.0 Å². The first kappa shape index (κ1) is 26.4. The van der Waals surface area contributed by atoms with Gasteiger partial charge in [-0.15, -0.1) is 0 Å². The Morgan fingerprint density at radius 3 is 2.00 bits per heavy atom. The second kappa shape index (κ2) is 16.1. The van der Waals surface area contributed by atoms with Gasteiger partial charge in [0.1, 0.15) is 5.75 Å². The Labute approximate surface area is 182 Å². The van der Waals surface area contributed by atoms with E-state index in [1.54, 1.807) is 13.0 Å². The van der Waals surface area contributed by atoms with E-state index >= 15 is 0 Å². The van der Waals surface area contributed by atoms with Crippen molar-refractivity contribution in [2.75, 3.05) is 33.0 Å². The zero-order valence-electron chi connectivity index (χ0n) is 19.0. The van der Waals surface area contributed by atoms with Crippen LogP contribution in [0, 0.1) is 0 Å². The number of hydrogen-bond acceptors (Lipinski definition) is 6. The van der Waals surface area contributed by atoms with Crippen LogP contribution in [0.4, 0.5) is 0 Å². The van der Waals surface area contributed by atoms with Crippen LogP contribution in [0.2, 0.25) is 6.04 Å². The molecule has 0 fully saturated rings. The van der Waals surface area contributed by atoms with Crippen LogP contribution in [0.1, 0.15) is 58.9 Å². The Kier molecular flexibility index (Phi) is 14.1. The smallest absolute Gasteiger partial charge is 0.494 e. The Morgan fingerprint density at radius 2 is 1.43 bits per heavy atom. The van der Waals surface area contributed by atoms with Crippen molar-refractivity contribution in [3.05, 3.63) is 35.9 Å². The Morgan fingerprint density at radius 1 is 0.833 bits per heavy atom. The highest BCUT2D eigenvalue weighted by Crippen LogP contribution is 2.20. The highest BCUT2D eigenvalue weighted by Gasteiger charge is 2.39. The molecule has 0 heterocycles. The lowest BCUT2D eigenvalue weighted by molar-refractivity contribution is -0.137. The molecule has 0 aliphatic rings. The van der Waals surface area contributed by atoms with E-state index in [-0.39, 0.29) is 5.97 Å². The van der Waals surface area contributed by atoms with E-state index in [1.165, 1.54) is 6.08 Å². The standard InChI is InChI=1S/C23H38O6Si/c1-5-25-23(24)18-15-21-13-16-22(17-14-21)26-19-11-9-10-12-20-30(27-6-2,28-7-3)29-8-4/h13-18H,5-12,19-20H2,1-4H3/b18-15+. The SMILES string of the molecule is CCOC(=O)/C=C/c1ccc(OCCCCCC[Si](OCC)(OCC)OCC)cc1. The summed E-state index contributed by atoms with van der Waals surface area (Å²) in [4.78, 5) is 11.3. The van der Waals surface area contributed by atoms with E-state index < -0.39 is 8.80 Å². The maximum absolute atomic E-state index is 11.3. The summed E-state index contributed by atoms with van der Waals surface area (Å²) >= 11 is 0. The molecule has 0 bridgehead atoms. The third-order valence-corrected chi connectivity index (χ3v) is 7.47. The lowest BCUT2D eigenvalue weighted by Gasteiger charge is -2.28. The third-order valence-electron chi connectivity index (χ3n) is 4.32. The second-order valence-electron chi connectivity index (χ2n) is 6.65. The molecule has 0 aliphatic carbocycles. The fourth-order valence-electron chi connectivity index (χ4n) is 3.02. The van der Waals surface area contributed by atoms with Crippen LogP contribution in [-0.2, 0) is 22.8 Å². The van der Waals surface area contributed by atoms with Crippen LogP contribution in [0.25, 0.3) is 6.08 Å². The maximum atomic E-state index is 11.3. The molecule has 0 radical (unpaired) electrons. The number of rotatable bonds is 17. The van der Waals surface area contributed by atoms with Crippen molar-refractivity contribution in [3.63, 3.8) is 0 Å². The van der Waals surface area contributed by atoms with Gasteiger partial charge < -0.3 is 22.8 Å². The molecule has 170 valence electrons. The highest BCUT2D eigenvalue weighted by atomic mass is 28.4. The Hall–Kier alpha value is -1.67. The monoisotopic (exact) mass is 438 g/mol. The van der Waals surface area contributed by atoms with Crippen molar-refractivity contribution in [1.29, 1.82) is 0 Å². The largest absolute Gasteiger partial charge is 0.500 e. The molecule has 0 aromatic heterocycles. The lowest BCUT2D eigenvalue weighted by atomic mass is 10.2. The van der Waals surface area contributed by atoms with Crippen LogP contribution in [0.3, 0.4) is 0 Å². The minimum absolute atomic E-state index is 0.332. The van der Waals surface area contributed by atoms with Crippen molar-refractivity contribution in [1.82, 2.24) is 0 Å². The number of benzene rings is 1. The molecular weight excluding hydrogens is 400 g/mol. The van der Waals surface area contributed by atoms with Crippen LogP contribution in [-0.4, -0.2) is 47.8 Å². The van der Waals surface area contributed by atoms with E-state index in [2.05, 4.69) is 0 Å². The molecule has 0 saturated carbocycles. The van der Waals surface area contributed by atoms with Crippen molar-refractivity contribution in [2.45, 2.75) is 59.4 Å². The molecule has 0 spiro atoms. The first-order chi connectivity index (χ1) is 14.6. The number of hydrogen-bond donors (Lipinski definition) is 0. The van der Waals surface area contributed by atoms with E-state index in [9.17, 15) is 4.79 Å². The van der Waals surface area contributed by atoms with Crippen LogP contribution in [0.15, 0.2) is 30.3 Å². The van der Waals surface area contributed by atoms with E-state index in [0.717, 1.165) is 43.0 Å². The summed E-state index contributed by atoms with van der Waals surface area (Å²) in [6, 6.07) is 8.53. The Bertz CT molecular complexity index is 585. The van der Waals surface area contributed by atoms with Crippen LogP contribution < -0.4 is 4.74 Å². The summed E-state index contributed by atoms with van der Waals surface area (Å²) in [5, 5.41) is 0. The van der Waals surface area contributed by atoms with Crippen LogP contribution in [0.5, 0.6) is 5.75 Å². The number of carbonyl (C=O) groups is 1. The second-order valence-corrected chi connectivity index (χ2v) is 9.38. The first-order valence-corrected chi connectivity index (χ1v) is 13.0. The molecule has 7 heteroatoms. The topological polar surface area (TPSA) is 63.2 Å². The molecule has 30 heavy (non-hydrogen) atoms. The average molecular weight is 439 g/mol. The molecule has 0 aliphatic heterocycles. The molecule has 1 aromatic rings. The van der Waals surface area contributed by atoms with Crippen molar-refractivity contribution >= 4 is 20.8 Å². The summed E-state index contributed by atoms with van der Waals surface area (Å²) in [7, 11) is -2.51. The zero-order chi connectivity index (χ0) is 22.1. The summed E-state index contributed by atoms with van der Waals surface area (Å²) in [5.74, 6) is 0.500. The van der Waals surface area contributed by atoms with Crippen molar-refractivity contribution in [3.8, 4) is 5.75 Å². The minimum atomic E-state index is -2.51. The van der Waals surface area contributed by atoms with E-state index in [1.807, 2.05) is 45.0 Å². The van der Waals surface area contributed by atoms with Crippen LogP contribution >= 0.6 is 0 Å². The summed E-state index contributed by atoms with van der Waals surface area (Å²) in [6.45, 7) is 10.7. The van der Waals surface area contributed by atoms with Gasteiger partial charge in [-0.25, -0.2) is 4.79 Å². The van der Waals surface area contributed by atoms with Gasteiger partial charge in [0.2, 0.25) is 0 Å². The molecule has 1 aromatic carbocycles. The van der Waals surface area contributed by atoms with Gasteiger partial charge in [0, 0.05) is 31.9 Å². The average Bonchev–Trinajstić information content (AvgIpc) is 2.73. The zero-order valence-corrected chi connectivity index (χ0v) is 20.0.